The number of hydrogen-bond donors (Lipinski definition) is 1. The van der Waals surface area contributed by atoms with Crippen molar-refractivity contribution in [3.05, 3.63) is 29.8 Å². The number of para-hydroxylation sites is 1. The zero-order chi connectivity index (χ0) is 8.55. The SMILES string of the molecule is C.CN1c2ccccc2CCC1O. The van der Waals surface area contributed by atoms with Gasteiger partial charge in [0.1, 0.15) is 6.23 Å². The van der Waals surface area contributed by atoms with E-state index in [4.69, 9.17) is 0 Å². The van der Waals surface area contributed by atoms with Crippen molar-refractivity contribution in [3.8, 4) is 0 Å². The van der Waals surface area contributed by atoms with Crippen molar-refractivity contribution in [2.45, 2.75) is 26.5 Å². The Kier molecular flexibility index (Phi) is 2.94. The van der Waals surface area contributed by atoms with E-state index in [1.807, 2.05) is 24.1 Å². The second kappa shape index (κ2) is 3.79. The minimum Gasteiger partial charge on any atom is -0.374 e. The summed E-state index contributed by atoms with van der Waals surface area (Å²) in [6, 6.07) is 8.23. The van der Waals surface area contributed by atoms with Crippen LogP contribution in [0.2, 0.25) is 0 Å². The lowest BCUT2D eigenvalue weighted by atomic mass is 10.0. The third kappa shape index (κ3) is 1.68. The van der Waals surface area contributed by atoms with Crippen LogP contribution in [0.3, 0.4) is 0 Å². The largest absolute Gasteiger partial charge is 0.374 e. The third-order valence-electron chi connectivity index (χ3n) is 2.49. The Bertz CT molecular complexity index is 285. The first-order chi connectivity index (χ1) is 5.79. The first kappa shape index (κ1) is 10.1. The highest BCUT2D eigenvalue weighted by Gasteiger charge is 2.19. The third-order valence-corrected chi connectivity index (χ3v) is 2.49. The van der Waals surface area contributed by atoms with Crippen molar-refractivity contribution in [2.24, 2.45) is 0 Å². The quantitative estimate of drug-likeness (QED) is 0.658. The topological polar surface area (TPSA) is 23.5 Å². The van der Waals surface area contributed by atoms with E-state index in [9.17, 15) is 5.11 Å². The zero-order valence-corrected chi connectivity index (χ0v) is 7.20. The van der Waals surface area contributed by atoms with Gasteiger partial charge < -0.3 is 10.0 Å². The normalized spacial score (nSPS) is 20.5. The van der Waals surface area contributed by atoms with Crippen LogP contribution >= 0.6 is 0 Å². The maximum Gasteiger partial charge on any atom is 0.126 e. The van der Waals surface area contributed by atoms with Crippen LogP contribution in [0.25, 0.3) is 0 Å². The first-order valence-electron chi connectivity index (χ1n) is 4.28. The first-order valence-corrected chi connectivity index (χ1v) is 4.28. The molecule has 2 heteroatoms. The van der Waals surface area contributed by atoms with Gasteiger partial charge in [-0.1, -0.05) is 25.6 Å². The number of rotatable bonds is 0. The van der Waals surface area contributed by atoms with Crippen LogP contribution in [0.1, 0.15) is 19.4 Å². The summed E-state index contributed by atoms with van der Waals surface area (Å²) in [5, 5.41) is 9.55. The minimum absolute atomic E-state index is 0. The van der Waals surface area contributed by atoms with Gasteiger partial charge in [-0.2, -0.15) is 0 Å². The summed E-state index contributed by atoms with van der Waals surface area (Å²) in [6.45, 7) is 0. The number of aliphatic hydroxyl groups is 1. The predicted octanol–water partition coefficient (Wildman–Crippen LogP) is 2.02. The highest BCUT2D eigenvalue weighted by molar-refractivity contribution is 5.55. The molecule has 2 rings (SSSR count). The summed E-state index contributed by atoms with van der Waals surface area (Å²) in [7, 11) is 1.93. The lowest BCUT2D eigenvalue weighted by Crippen LogP contribution is -2.35. The van der Waals surface area contributed by atoms with E-state index in [-0.39, 0.29) is 13.7 Å². The van der Waals surface area contributed by atoms with Gasteiger partial charge in [0, 0.05) is 12.7 Å². The highest BCUT2D eigenvalue weighted by Crippen LogP contribution is 2.27. The van der Waals surface area contributed by atoms with Crippen molar-refractivity contribution in [3.63, 3.8) is 0 Å². The van der Waals surface area contributed by atoms with Crippen molar-refractivity contribution >= 4 is 5.69 Å². The molecule has 0 aromatic heterocycles. The van der Waals surface area contributed by atoms with Gasteiger partial charge in [0.15, 0.2) is 0 Å². The minimum atomic E-state index is -0.306. The maximum absolute atomic E-state index is 9.55. The molecule has 1 unspecified atom stereocenters. The van der Waals surface area contributed by atoms with Gasteiger partial charge >= 0.3 is 0 Å². The number of anilines is 1. The van der Waals surface area contributed by atoms with Crippen molar-refractivity contribution < 1.29 is 5.11 Å². The fourth-order valence-electron chi connectivity index (χ4n) is 1.71. The van der Waals surface area contributed by atoms with Gasteiger partial charge in [-0.25, -0.2) is 0 Å². The second-order valence-electron chi connectivity index (χ2n) is 3.26. The lowest BCUT2D eigenvalue weighted by Gasteiger charge is -2.32. The maximum atomic E-state index is 9.55. The Morgan fingerprint density at radius 3 is 2.85 bits per heavy atom. The summed E-state index contributed by atoms with van der Waals surface area (Å²) in [5.74, 6) is 0. The molecule has 0 spiro atoms. The number of fused-ring (bicyclic) bond motifs is 1. The second-order valence-corrected chi connectivity index (χ2v) is 3.26. The van der Waals surface area contributed by atoms with E-state index in [0.29, 0.717) is 0 Å². The Labute approximate surface area is 79.8 Å². The Morgan fingerprint density at radius 1 is 1.38 bits per heavy atom. The molecule has 13 heavy (non-hydrogen) atoms. The molecule has 0 fully saturated rings. The molecule has 0 bridgehead atoms. The molecular formula is C11H17NO. The van der Waals surface area contributed by atoms with Crippen molar-refractivity contribution in [1.82, 2.24) is 0 Å². The van der Waals surface area contributed by atoms with E-state index in [1.54, 1.807) is 0 Å². The number of benzene rings is 1. The van der Waals surface area contributed by atoms with Gasteiger partial charge in [0.2, 0.25) is 0 Å². The van der Waals surface area contributed by atoms with Crippen LogP contribution in [0.4, 0.5) is 5.69 Å². The van der Waals surface area contributed by atoms with E-state index in [0.717, 1.165) is 18.5 Å². The number of hydrogen-bond acceptors (Lipinski definition) is 2. The fourth-order valence-corrected chi connectivity index (χ4v) is 1.71. The average molecular weight is 179 g/mol. The molecule has 1 aromatic carbocycles. The van der Waals surface area contributed by atoms with Crippen LogP contribution in [-0.2, 0) is 6.42 Å². The molecule has 1 aromatic rings. The molecule has 1 heterocycles. The van der Waals surface area contributed by atoms with Crippen molar-refractivity contribution in [1.29, 1.82) is 0 Å². The smallest absolute Gasteiger partial charge is 0.126 e. The fraction of sp³-hybridized carbons (Fsp3) is 0.455. The average Bonchev–Trinajstić information content (AvgIpc) is 2.12. The predicted molar refractivity (Wildman–Crippen MR) is 55.9 cm³/mol. The molecule has 0 saturated carbocycles. The summed E-state index contributed by atoms with van der Waals surface area (Å²) < 4.78 is 0. The number of aliphatic hydroxyl groups excluding tert-OH is 1. The lowest BCUT2D eigenvalue weighted by molar-refractivity contribution is 0.160. The van der Waals surface area contributed by atoms with Gasteiger partial charge in [-0.3, -0.25) is 0 Å². The van der Waals surface area contributed by atoms with E-state index < -0.39 is 0 Å². The van der Waals surface area contributed by atoms with Gasteiger partial charge in [0.25, 0.3) is 0 Å². The summed E-state index contributed by atoms with van der Waals surface area (Å²) >= 11 is 0. The van der Waals surface area contributed by atoms with Crippen LogP contribution in [0.15, 0.2) is 24.3 Å². The summed E-state index contributed by atoms with van der Waals surface area (Å²) in [6.07, 6.45) is 1.52. The molecule has 72 valence electrons. The monoisotopic (exact) mass is 179 g/mol. The van der Waals surface area contributed by atoms with Gasteiger partial charge in [-0.05, 0) is 24.5 Å². The molecule has 1 aliphatic rings. The molecule has 1 atom stereocenters. The van der Waals surface area contributed by atoms with E-state index in [1.165, 1.54) is 5.56 Å². The van der Waals surface area contributed by atoms with Crippen LogP contribution in [0, 0.1) is 0 Å². The summed E-state index contributed by atoms with van der Waals surface area (Å²) in [5.41, 5.74) is 2.50. The molecule has 1 aliphatic heterocycles. The molecule has 0 aliphatic carbocycles. The van der Waals surface area contributed by atoms with Crippen LogP contribution < -0.4 is 4.90 Å². The summed E-state index contributed by atoms with van der Waals surface area (Å²) in [4.78, 5) is 1.93. The Hall–Kier alpha value is -1.02. The molecule has 2 nitrogen and oxygen atoms in total. The number of aryl methyl sites for hydroxylation is 1. The number of nitrogens with zero attached hydrogens (tertiary/aromatic N) is 1. The van der Waals surface area contributed by atoms with E-state index >= 15 is 0 Å². The molecule has 0 amide bonds. The van der Waals surface area contributed by atoms with Crippen LogP contribution in [0.5, 0.6) is 0 Å². The van der Waals surface area contributed by atoms with Crippen molar-refractivity contribution in [2.75, 3.05) is 11.9 Å². The Morgan fingerprint density at radius 2 is 2.08 bits per heavy atom. The molecular weight excluding hydrogens is 162 g/mol. The molecule has 0 saturated heterocycles. The van der Waals surface area contributed by atoms with Gasteiger partial charge in [-0.15, -0.1) is 0 Å². The Balaban J connectivity index is 0.000000845. The zero-order valence-electron chi connectivity index (χ0n) is 7.20. The van der Waals surface area contributed by atoms with E-state index in [2.05, 4.69) is 12.1 Å². The molecule has 0 radical (unpaired) electrons. The molecule has 1 N–H and O–H groups in total. The van der Waals surface area contributed by atoms with Gasteiger partial charge in [0.05, 0.1) is 0 Å². The highest BCUT2D eigenvalue weighted by atomic mass is 16.3. The van der Waals surface area contributed by atoms with Crippen LogP contribution in [-0.4, -0.2) is 18.4 Å². The standard InChI is InChI=1S/C10H13NO.CH4/c1-11-9-5-3-2-4-8(9)6-7-10(11)12;/h2-5,10,12H,6-7H2,1H3;1H4.